The van der Waals surface area contributed by atoms with Crippen molar-refractivity contribution in [3.63, 3.8) is 0 Å². The van der Waals surface area contributed by atoms with Crippen LogP contribution < -0.4 is 19.5 Å². The number of carbonyl (C=O) groups excluding carboxylic acids is 2. The number of unbranched alkanes of at least 4 members (excludes halogenated alkanes) is 2. The van der Waals surface area contributed by atoms with Crippen molar-refractivity contribution < 1.29 is 23.8 Å². The molecule has 1 aliphatic heterocycles. The summed E-state index contributed by atoms with van der Waals surface area (Å²) in [5.41, 5.74) is 2.38. The molecule has 204 valence electrons. The van der Waals surface area contributed by atoms with Gasteiger partial charge in [-0.15, -0.1) is 0 Å². The highest BCUT2D eigenvalue weighted by atomic mass is 16.5. The third-order valence-corrected chi connectivity index (χ3v) is 7.03. The first-order valence-corrected chi connectivity index (χ1v) is 13.4. The number of ether oxygens (including phenoxy) is 3. The van der Waals surface area contributed by atoms with Crippen molar-refractivity contribution in [2.75, 3.05) is 41.0 Å². The van der Waals surface area contributed by atoms with E-state index in [1.807, 2.05) is 29.2 Å². The van der Waals surface area contributed by atoms with E-state index >= 15 is 0 Å². The Morgan fingerprint density at radius 3 is 2.32 bits per heavy atom. The van der Waals surface area contributed by atoms with E-state index in [4.69, 9.17) is 19.2 Å². The zero-order chi connectivity index (χ0) is 26.9. The maximum atomic E-state index is 13.0. The number of para-hydroxylation sites is 2. The van der Waals surface area contributed by atoms with Gasteiger partial charge in [-0.1, -0.05) is 18.6 Å². The second-order valence-electron chi connectivity index (χ2n) is 9.52. The number of rotatable bonds is 12. The minimum Gasteiger partial charge on any atom is -0.493 e. The normalized spacial score (nSPS) is 13.4. The molecular formula is C29H38N4O5. The number of imidazole rings is 1. The molecular weight excluding hydrogens is 484 g/mol. The van der Waals surface area contributed by atoms with E-state index in [2.05, 4.69) is 9.88 Å². The molecule has 0 spiro atoms. The summed E-state index contributed by atoms with van der Waals surface area (Å²) < 4.78 is 18.1. The Balaban J connectivity index is 1.30. The number of hydrogen-bond donors (Lipinski definition) is 1. The third-order valence-electron chi connectivity index (χ3n) is 7.03. The Hall–Kier alpha value is -3.75. The fourth-order valence-electron chi connectivity index (χ4n) is 4.97. The number of likely N-dealkylation sites (tertiary alicyclic amines) is 1. The Kier molecular flexibility index (Phi) is 9.46. The smallest absolute Gasteiger partial charge is 0.251 e. The van der Waals surface area contributed by atoms with Gasteiger partial charge in [0, 0.05) is 31.6 Å². The number of nitrogens with one attached hydrogen (secondary N) is 1. The summed E-state index contributed by atoms with van der Waals surface area (Å²) in [6.45, 7) is 2.59. The number of piperidine rings is 1. The lowest BCUT2D eigenvalue weighted by Gasteiger charge is -2.27. The van der Waals surface area contributed by atoms with Crippen molar-refractivity contribution in [1.82, 2.24) is 19.8 Å². The molecule has 1 N–H and O–H groups in total. The molecule has 38 heavy (non-hydrogen) atoms. The Bertz CT molecular complexity index is 1220. The molecule has 0 radical (unpaired) electrons. The van der Waals surface area contributed by atoms with Gasteiger partial charge in [0.05, 0.1) is 32.4 Å². The Labute approximate surface area is 224 Å². The van der Waals surface area contributed by atoms with Crippen molar-refractivity contribution in [2.24, 2.45) is 0 Å². The molecule has 1 fully saturated rings. The number of fused-ring (bicyclic) bond motifs is 1. The minimum atomic E-state index is -0.192. The van der Waals surface area contributed by atoms with E-state index in [-0.39, 0.29) is 11.8 Å². The summed E-state index contributed by atoms with van der Waals surface area (Å²) in [6, 6.07) is 11.3. The van der Waals surface area contributed by atoms with Gasteiger partial charge < -0.3 is 29.0 Å². The summed E-state index contributed by atoms with van der Waals surface area (Å²) in [6.07, 6.45) is 6.83. The van der Waals surface area contributed by atoms with Gasteiger partial charge >= 0.3 is 0 Å². The molecule has 0 unspecified atom stereocenters. The van der Waals surface area contributed by atoms with E-state index in [1.54, 1.807) is 12.1 Å². The first-order valence-electron chi connectivity index (χ1n) is 13.4. The van der Waals surface area contributed by atoms with Crippen LogP contribution in [0.1, 0.15) is 54.7 Å². The predicted molar refractivity (Wildman–Crippen MR) is 146 cm³/mol. The molecule has 2 amide bonds. The van der Waals surface area contributed by atoms with Crippen LogP contribution in [0, 0.1) is 0 Å². The summed E-state index contributed by atoms with van der Waals surface area (Å²) in [7, 11) is 4.58. The fraction of sp³-hybridized carbons (Fsp3) is 0.483. The molecule has 2 heterocycles. The summed E-state index contributed by atoms with van der Waals surface area (Å²) >= 11 is 0. The molecule has 1 saturated heterocycles. The highest BCUT2D eigenvalue weighted by Gasteiger charge is 2.20. The molecule has 1 aromatic heterocycles. The second kappa shape index (κ2) is 13.2. The molecule has 9 heteroatoms. The van der Waals surface area contributed by atoms with Gasteiger partial charge in [0.2, 0.25) is 11.7 Å². The largest absolute Gasteiger partial charge is 0.493 e. The molecule has 3 aromatic rings. The van der Waals surface area contributed by atoms with Crippen molar-refractivity contribution in [3.8, 4) is 17.2 Å². The standard InChI is InChI=1S/C29H38N4O5/c1-36-24-18-21(19-25(37-2)28(24)38-3)29(35)30-15-9-4-6-14-26-31-22-12-7-8-13-23(22)33(26)20-27(34)32-16-10-5-11-17-32/h7-8,12-13,18-19H,4-6,9-11,14-17,20H2,1-3H3,(H,30,35). The topological polar surface area (TPSA) is 94.9 Å². The lowest BCUT2D eigenvalue weighted by atomic mass is 10.1. The van der Waals surface area contributed by atoms with Crippen LogP contribution >= 0.6 is 0 Å². The average Bonchev–Trinajstić information content (AvgIpc) is 3.31. The van der Waals surface area contributed by atoms with E-state index in [9.17, 15) is 9.59 Å². The number of aromatic nitrogens is 2. The van der Waals surface area contributed by atoms with Crippen molar-refractivity contribution in [1.29, 1.82) is 0 Å². The van der Waals surface area contributed by atoms with Crippen molar-refractivity contribution >= 4 is 22.8 Å². The number of benzene rings is 2. The molecule has 9 nitrogen and oxygen atoms in total. The van der Waals surface area contributed by atoms with Gasteiger partial charge in [-0.25, -0.2) is 4.98 Å². The van der Waals surface area contributed by atoms with Crippen molar-refractivity contribution in [2.45, 2.75) is 51.5 Å². The van der Waals surface area contributed by atoms with Gasteiger partial charge in [-0.3, -0.25) is 9.59 Å². The Morgan fingerprint density at radius 1 is 0.921 bits per heavy atom. The first kappa shape index (κ1) is 27.3. The molecule has 2 aromatic carbocycles. The molecule has 0 saturated carbocycles. The second-order valence-corrected chi connectivity index (χ2v) is 9.52. The Morgan fingerprint density at radius 2 is 1.63 bits per heavy atom. The van der Waals surface area contributed by atoms with Crippen LogP contribution in [0.25, 0.3) is 11.0 Å². The van der Waals surface area contributed by atoms with E-state index in [0.717, 1.165) is 68.5 Å². The fourth-order valence-corrected chi connectivity index (χ4v) is 4.97. The van der Waals surface area contributed by atoms with Crippen LogP contribution in [-0.2, 0) is 17.8 Å². The zero-order valence-corrected chi connectivity index (χ0v) is 22.6. The van der Waals surface area contributed by atoms with Gasteiger partial charge in [0.1, 0.15) is 12.4 Å². The zero-order valence-electron chi connectivity index (χ0n) is 22.6. The summed E-state index contributed by atoms with van der Waals surface area (Å²) in [5.74, 6) is 2.26. The van der Waals surface area contributed by atoms with Crippen LogP contribution in [0.15, 0.2) is 36.4 Å². The van der Waals surface area contributed by atoms with Crippen LogP contribution in [0.5, 0.6) is 17.2 Å². The number of hydrogen-bond acceptors (Lipinski definition) is 6. The highest BCUT2D eigenvalue weighted by molar-refractivity contribution is 5.95. The first-order chi connectivity index (χ1) is 18.5. The maximum absolute atomic E-state index is 13.0. The lowest BCUT2D eigenvalue weighted by Crippen LogP contribution is -2.38. The number of nitrogens with zero attached hydrogens (tertiary/aromatic N) is 3. The minimum absolute atomic E-state index is 0.170. The predicted octanol–water partition coefficient (Wildman–Crippen LogP) is 4.22. The molecule has 0 bridgehead atoms. The lowest BCUT2D eigenvalue weighted by molar-refractivity contribution is -0.132. The molecule has 1 aliphatic rings. The van der Waals surface area contributed by atoms with Gasteiger partial charge in [-0.2, -0.15) is 0 Å². The van der Waals surface area contributed by atoms with Gasteiger partial charge in [0.15, 0.2) is 11.5 Å². The van der Waals surface area contributed by atoms with Crippen molar-refractivity contribution in [3.05, 3.63) is 47.8 Å². The number of amides is 2. The monoisotopic (exact) mass is 522 g/mol. The molecule has 0 atom stereocenters. The van der Waals surface area contributed by atoms with Gasteiger partial charge in [-0.05, 0) is 56.4 Å². The molecule has 4 rings (SSSR count). The maximum Gasteiger partial charge on any atom is 0.251 e. The van der Waals surface area contributed by atoms with E-state index in [1.165, 1.54) is 27.8 Å². The SMILES string of the molecule is COc1cc(C(=O)NCCCCCc2nc3ccccc3n2CC(=O)N2CCCCC2)cc(OC)c1OC. The van der Waals surface area contributed by atoms with Crippen LogP contribution in [-0.4, -0.2) is 67.2 Å². The summed E-state index contributed by atoms with van der Waals surface area (Å²) in [5, 5.41) is 2.97. The molecule has 0 aliphatic carbocycles. The highest BCUT2D eigenvalue weighted by Crippen LogP contribution is 2.38. The van der Waals surface area contributed by atoms with Crippen LogP contribution in [0.4, 0.5) is 0 Å². The van der Waals surface area contributed by atoms with E-state index < -0.39 is 0 Å². The average molecular weight is 523 g/mol. The number of carbonyl (C=O) groups is 2. The van der Waals surface area contributed by atoms with Crippen LogP contribution in [0.3, 0.4) is 0 Å². The quantitative estimate of drug-likeness (QED) is 0.358. The summed E-state index contributed by atoms with van der Waals surface area (Å²) in [4.78, 5) is 32.5. The van der Waals surface area contributed by atoms with E-state index in [0.29, 0.717) is 35.9 Å². The number of methoxy groups -OCH3 is 3. The van der Waals surface area contributed by atoms with Gasteiger partial charge in [0.25, 0.3) is 5.91 Å². The van der Waals surface area contributed by atoms with Crippen LogP contribution in [0.2, 0.25) is 0 Å². The number of aryl methyl sites for hydroxylation is 1. The third kappa shape index (κ3) is 6.38.